The zero-order valence-corrected chi connectivity index (χ0v) is 29.6. The zero-order chi connectivity index (χ0) is 32.8. The third-order valence-corrected chi connectivity index (χ3v) is 11.3. The number of aliphatic carboxylic acids is 1. The summed E-state index contributed by atoms with van der Waals surface area (Å²) in [7, 11) is 0. The molecule has 10 heteroatoms. The van der Waals surface area contributed by atoms with Crippen LogP contribution in [0.4, 0.5) is 0 Å². The summed E-state index contributed by atoms with van der Waals surface area (Å²) < 4.78 is 38.2. The Morgan fingerprint density at radius 3 is 2.23 bits per heavy atom. The van der Waals surface area contributed by atoms with Gasteiger partial charge in [-0.2, -0.15) is 0 Å². The minimum atomic E-state index is -0.752. The van der Waals surface area contributed by atoms with Crippen molar-refractivity contribution in [3.8, 4) is 0 Å². The first-order chi connectivity index (χ1) is 22.9. The van der Waals surface area contributed by atoms with Gasteiger partial charge in [0.2, 0.25) is 0 Å². The van der Waals surface area contributed by atoms with E-state index in [2.05, 4.69) is 37.3 Å². The lowest BCUT2D eigenvalue weighted by atomic mass is 9.89. The van der Waals surface area contributed by atoms with Crippen molar-refractivity contribution in [2.24, 2.45) is 11.8 Å². The maximum Gasteiger partial charge on any atom is 0.303 e. The Morgan fingerprint density at radius 1 is 0.979 bits per heavy atom. The van der Waals surface area contributed by atoms with Crippen molar-refractivity contribution in [1.29, 1.82) is 0 Å². The van der Waals surface area contributed by atoms with Crippen molar-refractivity contribution in [3.63, 3.8) is 0 Å². The highest BCUT2D eigenvalue weighted by Crippen LogP contribution is 2.42. The normalized spacial score (nSPS) is 31.1. The van der Waals surface area contributed by atoms with E-state index in [9.17, 15) is 4.79 Å². The highest BCUT2D eigenvalue weighted by atomic mass is 35.5. The average molecular weight is 695 g/mol. The summed E-state index contributed by atoms with van der Waals surface area (Å²) in [5, 5.41) is 9.88. The lowest BCUT2D eigenvalue weighted by molar-refractivity contribution is -0.203. The molecular weight excluding hydrogens is 640 g/mol. The van der Waals surface area contributed by atoms with Crippen LogP contribution in [0.25, 0.3) is 0 Å². The Kier molecular flexibility index (Phi) is 15.6. The molecule has 5 rings (SSSR count). The van der Waals surface area contributed by atoms with Gasteiger partial charge in [-0.1, -0.05) is 35.9 Å². The third kappa shape index (κ3) is 12.2. The van der Waals surface area contributed by atoms with Gasteiger partial charge in [-0.05, 0) is 109 Å². The third-order valence-electron chi connectivity index (χ3n) is 9.73. The van der Waals surface area contributed by atoms with Gasteiger partial charge in [-0.3, -0.25) is 4.79 Å². The molecule has 0 spiro atoms. The molecule has 0 aromatic carbocycles. The number of hydrogen-bond acceptors (Lipinski definition) is 8. The first-order valence-electron chi connectivity index (χ1n) is 18.1. The topological polar surface area (TPSA) is 92.7 Å². The van der Waals surface area contributed by atoms with E-state index < -0.39 is 5.97 Å². The van der Waals surface area contributed by atoms with Crippen molar-refractivity contribution in [2.75, 3.05) is 19.8 Å². The van der Waals surface area contributed by atoms with Crippen molar-refractivity contribution >= 4 is 28.9 Å². The van der Waals surface area contributed by atoms with E-state index in [1.807, 2.05) is 0 Å². The quantitative estimate of drug-likeness (QED) is 0.128. The number of carboxylic acid groups (broad SMARTS) is 1. The van der Waals surface area contributed by atoms with Crippen molar-refractivity contribution < 1.29 is 38.3 Å². The fraction of sp³-hybridized carbons (Fsp3) is 0.757. The second-order valence-electron chi connectivity index (χ2n) is 13.4. The summed E-state index contributed by atoms with van der Waals surface area (Å²) in [6, 6.07) is 2.08. The molecule has 47 heavy (non-hydrogen) atoms. The molecule has 4 aliphatic rings. The molecule has 1 N–H and O–H groups in total. The molecule has 0 radical (unpaired) electrons. The SMILES string of the molecule is Cc1sc(CC[C@@H](C=C[C@@H]2[C@@H](CC=CCCCC(=O)O)[C@@H](OC3CCCCO3)C[C@H]2OC2CCCCO2)OC2CCCCO2)cc1Cl. The molecule has 4 fully saturated rings. The van der Waals surface area contributed by atoms with Crippen LogP contribution in [-0.4, -0.2) is 68.1 Å². The summed E-state index contributed by atoms with van der Waals surface area (Å²) in [5.41, 5.74) is 0. The van der Waals surface area contributed by atoms with E-state index >= 15 is 0 Å². The number of aryl methyl sites for hydroxylation is 2. The fourth-order valence-electron chi connectivity index (χ4n) is 7.13. The van der Waals surface area contributed by atoms with Crippen LogP contribution in [0.5, 0.6) is 0 Å². The number of allylic oxidation sites excluding steroid dienone is 2. The minimum Gasteiger partial charge on any atom is -0.481 e. The molecule has 1 aromatic heterocycles. The molecule has 4 heterocycles. The monoisotopic (exact) mass is 694 g/mol. The van der Waals surface area contributed by atoms with Crippen LogP contribution in [0.2, 0.25) is 5.02 Å². The maximum atomic E-state index is 11.0. The average Bonchev–Trinajstić information content (AvgIpc) is 3.57. The number of rotatable bonds is 17. The molecule has 1 saturated carbocycles. The number of hydrogen-bond donors (Lipinski definition) is 1. The second kappa shape index (κ2) is 19.8. The number of thiophene rings is 1. The highest BCUT2D eigenvalue weighted by molar-refractivity contribution is 7.12. The van der Waals surface area contributed by atoms with Crippen molar-refractivity contribution in [1.82, 2.24) is 0 Å². The standard InChI is InChI=1S/C37H55ClO8S/c1-26-31(38)24-28(47-26)19-17-27(44-35-14-6-9-21-41-35)18-20-30-29(12-4-2-3-5-13-34(39)40)32(45-36-15-7-10-22-42-36)25-33(30)46-37-16-8-11-23-43-37/h2,4,18,20,24,27,29-30,32-33,35-37H,3,5-17,19,21-23,25H2,1H3,(H,39,40)/t27-,29+,30+,32-,33+,35?,36?,37?/m0/s1. The van der Waals surface area contributed by atoms with Crippen molar-refractivity contribution in [2.45, 2.75) is 147 Å². The maximum absolute atomic E-state index is 11.0. The van der Waals surface area contributed by atoms with Crippen LogP contribution in [0.15, 0.2) is 30.4 Å². The van der Waals surface area contributed by atoms with Crippen LogP contribution in [-0.2, 0) is 39.6 Å². The van der Waals surface area contributed by atoms with Crippen LogP contribution in [0.1, 0.15) is 106 Å². The van der Waals surface area contributed by atoms with Crippen LogP contribution >= 0.6 is 22.9 Å². The Morgan fingerprint density at radius 2 is 1.64 bits per heavy atom. The van der Waals surface area contributed by atoms with Gasteiger partial charge in [0.15, 0.2) is 18.9 Å². The Bertz CT molecular complexity index is 1100. The first-order valence-corrected chi connectivity index (χ1v) is 19.2. The van der Waals surface area contributed by atoms with Crippen LogP contribution < -0.4 is 0 Å². The van der Waals surface area contributed by atoms with Gasteiger partial charge in [0, 0.05) is 48.3 Å². The molecular formula is C37H55ClO8S. The van der Waals surface area contributed by atoms with E-state index in [1.54, 1.807) is 11.3 Å². The van der Waals surface area contributed by atoms with Gasteiger partial charge in [0.05, 0.1) is 23.3 Å². The van der Waals surface area contributed by atoms with Crippen LogP contribution in [0.3, 0.4) is 0 Å². The lowest BCUT2D eigenvalue weighted by Crippen LogP contribution is -2.31. The summed E-state index contributed by atoms with van der Waals surface area (Å²) in [5.74, 6) is -0.487. The Hall–Kier alpha value is -1.30. The van der Waals surface area contributed by atoms with Gasteiger partial charge in [-0.15, -0.1) is 11.3 Å². The van der Waals surface area contributed by atoms with Gasteiger partial charge in [-0.25, -0.2) is 0 Å². The lowest BCUT2D eigenvalue weighted by Gasteiger charge is -2.30. The smallest absolute Gasteiger partial charge is 0.303 e. The van der Waals surface area contributed by atoms with E-state index in [0.717, 1.165) is 120 Å². The Labute approximate surface area is 290 Å². The molecule has 0 amide bonds. The second-order valence-corrected chi connectivity index (χ2v) is 15.2. The molecule has 3 unspecified atom stereocenters. The fourth-order valence-corrected chi connectivity index (χ4v) is 8.39. The number of carboxylic acids is 1. The molecule has 264 valence electrons. The number of unbranched alkanes of at least 4 members (excludes halogenated alkanes) is 1. The molecule has 3 aliphatic heterocycles. The van der Waals surface area contributed by atoms with Crippen LogP contribution in [0, 0.1) is 18.8 Å². The summed E-state index contributed by atoms with van der Waals surface area (Å²) in [4.78, 5) is 13.4. The van der Waals surface area contributed by atoms with Crippen molar-refractivity contribution in [3.05, 3.63) is 45.1 Å². The summed E-state index contributed by atoms with van der Waals surface area (Å²) in [6.45, 7) is 4.28. The summed E-state index contributed by atoms with van der Waals surface area (Å²) in [6.07, 6.45) is 22.3. The molecule has 8 atom stereocenters. The van der Waals surface area contributed by atoms with E-state index in [-0.39, 0.29) is 55.4 Å². The Balaban J connectivity index is 1.35. The van der Waals surface area contributed by atoms with Gasteiger partial charge < -0.3 is 33.5 Å². The largest absolute Gasteiger partial charge is 0.481 e. The molecule has 3 saturated heterocycles. The minimum absolute atomic E-state index is 0.0257. The summed E-state index contributed by atoms with van der Waals surface area (Å²) >= 11 is 8.15. The molecule has 1 aliphatic carbocycles. The van der Waals surface area contributed by atoms with E-state index in [0.29, 0.717) is 6.42 Å². The van der Waals surface area contributed by atoms with Gasteiger partial charge in [0.1, 0.15) is 0 Å². The number of carbonyl (C=O) groups is 1. The molecule has 8 nitrogen and oxygen atoms in total. The van der Waals surface area contributed by atoms with Gasteiger partial charge in [0.25, 0.3) is 0 Å². The number of halogens is 1. The van der Waals surface area contributed by atoms with E-state index in [1.165, 1.54) is 4.88 Å². The molecule has 1 aromatic rings. The van der Waals surface area contributed by atoms with Gasteiger partial charge >= 0.3 is 5.97 Å². The zero-order valence-electron chi connectivity index (χ0n) is 28.0. The number of ether oxygens (including phenoxy) is 6. The molecule has 0 bridgehead atoms. The highest BCUT2D eigenvalue weighted by Gasteiger charge is 2.45. The predicted molar refractivity (Wildman–Crippen MR) is 184 cm³/mol. The first kappa shape index (κ1) is 37.0. The predicted octanol–water partition coefficient (Wildman–Crippen LogP) is 8.77. The van der Waals surface area contributed by atoms with E-state index in [4.69, 9.17) is 45.1 Å².